The van der Waals surface area contributed by atoms with Crippen LogP contribution in [-0.2, 0) is 30.0 Å². The number of methoxy groups -OCH3 is 1. The van der Waals surface area contributed by atoms with Crippen molar-refractivity contribution in [3.63, 3.8) is 0 Å². The van der Waals surface area contributed by atoms with Gasteiger partial charge in [0, 0.05) is 43.2 Å². The number of hydrogen-bond donors (Lipinski definition) is 0. The van der Waals surface area contributed by atoms with E-state index in [-0.39, 0.29) is 0 Å². The minimum absolute atomic E-state index is 0.350. The summed E-state index contributed by atoms with van der Waals surface area (Å²) in [7, 11) is -0.128. The molecule has 41 heavy (non-hydrogen) atoms. The van der Waals surface area contributed by atoms with Gasteiger partial charge in [0.05, 0.1) is 36.1 Å². The van der Waals surface area contributed by atoms with Crippen LogP contribution in [0.15, 0.2) is 60.3 Å². The molecule has 1 aromatic carbocycles. The molecule has 6 rings (SSSR count). The zero-order chi connectivity index (χ0) is 29.1. The van der Waals surface area contributed by atoms with E-state index in [1.165, 1.54) is 3.97 Å². The SMILES string of the molecule is COc1nc(-c2cccc3c2ccn3S(=O)(=O)C2(C)C=CC=C(C)C2)nc2c1CN(c1cc(C(C)C)nn1C)CC2. The largest absolute Gasteiger partial charge is 0.481 e. The molecule has 0 amide bonds. The number of allylic oxidation sites excluding steroid dienone is 3. The second-order valence-corrected chi connectivity index (χ2v) is 13.9. The Kier molecular flexibility index (Phi) is 6.56. The Morgan fingerprint density at radius 1 is 1.15 bits per heavy atom. The average Bonchev–Trinajstić information content (AvgIpc) is 3.56. The zero-order valence-electron chi connectivity index (χ0n) is 24.4. The lowest BCUT2D eigenvalue weighted by Gasteiger charge is -2.30. The Bertz CT molecular complexity index is 1810. The summed E-state index contributed by atoms with van der Waals surface area (Å²) in [5.74, 6) is 2.47. The van der Waals surface area contributed by atoms with Gasteiger partial charge in [0.25, 0.3) is 0 Å². The van der Waals surface area contributed by atoms with E-state index in [0.29, 0.717) is 36.1 Å². The van der Waals surface area contributed by atoms with Crippen LogP contribution in [0.25, 0.3) is 22.3 Å². The number of anilines is 1. The standard InChI is InChI=1S/C31H36N6O3S/c1-20(2)26-17-28(35(5)34-26)36-15-13-25-24(19-36)30(40-6)33-29(32-25)23-10-7-11-27-22(23)12-16-37(27)41(38,39)31(4)14-8-9-21(3)18-31/h7-12,14,16-17,20H,13,15,18-19H2,1-6H3. The molecule has 1 aliphatic carbocycles. The van der Waals surface area contributed by atoms with Crippen molar-refractivity contribution in [2.45, 2.75) is 57.7 Å². The smallest absolute Gasteiger partial charge is 0.248 e. The fraction of sp³-hybridized carbons (Fsp3) is 0.387. The normalized spacial score (nSPS) is 19.1. The first-order valence-corrected chi connectivity index (χ1v) is 15.4. The zero-order valence-corrected chi connectivity index (χ0v) is 25.2. The molecule has 10 heteroatoms. The fourth-order valence-electron chi connectivity index (χ4n) is 5.96. The van der Waals surface area contributed by atoms with Crippen LogP contribution in [0.4, 0.5) is 5.82 Å². The van der Waals surface area contributed by atoms with Crippen molar-refractivity contribution in [3.8, 4) is 17.3 Å². The molecule has 1 aliphatic heterocycles. The third-order valence-corrected chi connectivity index (χ3v) is 10.5. The van der Waals surface area contributed by atoms with E-state index >= 15 is 0 Å². The Balaban J connectivity index is 1.38. The lowest BCUT2D eigenvalue weighted by molar-refractivity contribution is 0.388. The van der Waals surface area contributed by atoms with Crippen molar-refractivity contribution in [1.82, 2.24) is 23.7 Å². The monoisotopic (exact) mass is 572 g/mol. The first kappa shape index (κ1) is 27.3. The maximum Gasteiger partial charge on any atom is 0.248 e. The average molecular weight is 573 g/mol. The van der Waals surface area contributed by atoms with Crippen LogP contribution in [-0.4, -0.2) is 50.5 Å². The van der Waals surface area contributed by atoms with Crippen LogP contribution in [0.5, 0.6) is 5.88 Å². The maximum atomic E-state index is 13.9. The lowest BCUT2D eigenvalue weighted by atomic mass is 9.96. The van der Waals surface area contributed by atoms with Crippen LogP contribution < -0.4 is 9.64 Å². The molecule has 1 atom stereocenters. The van der Waals surface area contributed by atoms with E-state index in [9.17, 15) is 8.42 Å². The van der Waals surface area contributed by atoms with Crippen LogP contribution in [0.3, 0.4) is 0 Å². The third kappa shape index (κ3) is 4.45. The molecule has 2 aliphatic rings. The molecule has 0 bridgehead atoms. The van der Waals surface area contributed by atoms with E-state index < -0.39 is 14.8 Å². The Hall–Kier alpha value is -3.92. The molecule has 1 unspecified atom stereocenters. The van der Waals surface area contributed by atoms with E-state index in [4.69, 9.17) is 14.7 Å². The molecule has 214 valence electrons. The predicted octanol–water partition coefficient (Wildman–Crippen LogP) is 5.37. The van der Waals surface area contributed by atoms with E-state index in [2.05, 4.69) is 29.9 Å². The Labute approximate surface area is 241 Å². The molecule has 4 heterocycles. The second-order valence-electron chi connectivity index (χ2n) is 11.6. The molecule has 0 N–H and O–H groups in total. The molecule has 3 aromatic heterocycles. The van der Waals surface area contributed by atoms with Gasteiger partial charge in [-0.3, -0.25) is 4.68 Å². The molecular formula is C31H36N6O3S. The summed E-state index contributed by atoms with van der Waals surface area (Å²) in [6.07, 6.45) is 8.39. The third-order valence-electron chi connectivity index (χ3n) is 8.25. The molecule has 0 saturated heterocycles. The molecule has 0 radical (unpaired) electrons. The summed E-state index contributed by atoms with van der Waals surface area (Å²) >= 11 is 0. The second kappa shape index (κ2) is 9.87. The Morgan fingerprint density at radius 3 is 2.66 bits per heavy atom. The van der Waals surface area contributed by atoms with Gasteiger partial charge in [-0.25, -0.2) is 17.4 Å². The van der Waals surface area contributed by atoms with E-state index in [1.54, 1.807) is 26.3 Å². The minimum atomic E-state index is -3.73. The summed E-state index contributed by atoms with van der Waals surface area (Å²) < 4.78 is 35.9. The van der Waals surface area contributed by atoms with Crippen LogP contribution in [0.2, 0.25) is 0 Å². The molecule has 4 aromatic rings. The number of ether oxygens (including phenoxy) is 1. The van der Waals surface area contributed by atoms with Gasteiger partial charge >= 0.3 is 0 Å². The molecule has 9 nitrogen and oxygen atoms in total. The summed E-state index contributed by atoms with van der Waals surface area (Å²) in [4.78, 5) is 12.1. The number of fused-ring (bicyclic) bond motifs is 2. The van der Waals surface area contributed by atoms with Gasteiger partial charge in [0.2, 0.25) is 15.9 Å². The first-order chi connectivity index (χ1) is 19.5. The van der Waals surface area contributed by atoms with Gasteiger partial charge in [-0.15, -0.1) is 0 Å². The van der Waals surface area contributed by atoms with Crippen molar-refractivity contribution < 1.29 is 13.2 Å². The Morgan fingerprint density at radius 2 is 1.95 bits per heavy atom. The number of aromatic nitrogens is 5. The maximum absolute atomic E-state index is 13.9. The van der Waals surface area contributed by atoms with Gasteiger partial charge in [-0.2, -0.15) is 10.1 Å². The number of nitrogens with zero attached hydrogens (tertiary/aromatic N) is 6. The summed E-state index contributed by atoms with van der Waals surface area (Å²) in [5, 5.41) is 5.46. The van der Waals surface area contributed by atoms with Crippen LogP contribution in [0.1, 0.15) is 57.0 Å². The van der Waals surface area contributed by atoms with Crippen molar-refractivity contribution in [1.29, 1.82) is 0 Å². The lowest BCUT2D eigenvalue weighted by Crippen LogP contribution is -2.38. The van der Waals surface area contributed by atoms with Gasteiger partial charge in [-0.05, 0) is 38.3 Å². The molecule has 0 saturated carbocycles. The van der Waals surface area contributed by atoms with Crippen molar-refractivity contribution in [2.75, 3.05) is 18.6 Å². The van der Waals surface area contributed by atoms with Crippen molar-refractivity contribution in [2.24, 2.45) is 7.05 Å². The van der Waals surface area contributed by atoms with E-state index in [0.717, 1.165) is 52.3 Å². The molecule has 0 spiro atoms. The minimum Gasteiger partial charge on any atom is -0.481 e. The molecular weight excluding hydrogens is 536 g/mol. The van der Waals surface area contributed by atoms with Crippen molar-refractivity contribution in [3.05, 3.63) is 77.3 Å². The number of benzene rings is 1. The highest BCUT2D eigenvalue weighted by atomic mass is 32.2. The van der Waals surface area contributed by atoms with Gasteiger partial charge in [-0.1, -0.05) is 49.8 Å². The van der Waals surface area contributed by atoms with E-state index in [1.807, 2.05) is 55.1 Å². The van der Waals surface area contributed by atoms with Crippen molar-refractivity contribution >= 4 is 26.7 Å². The van der Waals surface area contributed by atoms with Crippen LogP contribution in [0, 0.1) is 0 Å². The number of rotatable bonds is 6. The summed E-state index contributed by atoms with van der Waals surface area (Å²) in [5.41, 5.74) is 5.38. The first-order valence-electron chi connectivity index (χ1n) is 14.0. The highest BCUT2D eigenvalue weighted by molar-refractivity contribution is 7.91. The summed E-state index contributed by atoms with van der Waals surface area (Å²) in [6, 6.07) is 9.62. The number of hydrogen-bond acceptors (Lipinski definition) is 7. The van der Waals surface area contributed by atoms with Gasteiger partial charge < -0.3 is 9.64 Å². The van der Waals surface area contributed by atoms with Crippen LogP contribution >= 0.6 is 0 Å². The topological polar surface area (TPSA) is 95.1 Å². The number of aryl methyl sites for hydroxylation is 1. The van der Waals surface area contributed by atoms with Gasteiger partial charge in [0.15, 0.2) is 5.82 Å². The fourth-order valence-corrected chi connectivity index (χ4v) is 7.71. The summed E-state index contributed by atoms with van der Waals surface area (Å²) in [6.45, 7) is 9.44. The van der Waals surface area contributed by atoms with Gasteiger partial charge in [0.1, 0.15) is 10.6 Å². The molecule has 0 fully saturated rings. The highest BCUT2D eigenvalue weighted by Gasteiger charge is 2.40. The highest BCUT2D eigenvalue weighted by Crippen LogP contribution is 2.37. The predicted molar refractivity (Wildman–Crippen MR) is 162 cm³/mol. The quantitative estimate of drug-likeness (QED) is 0.307.